The highest BCUT2D eigenvalue weighted by molar-refractivity contribution is 5.77. The van der Waals surface area contributed by atoms with Gasteiger partial charge < -0.3 is 5.32 Å². The van der Waals surface area contributed by atoms with Gasteiger partial charge in [-0.15, -0.1) is 0 Å². The Kier molecular flexibility index (Phi) is 1.63. The van der Waals surface area contributed by atoms with E-state index in [1.807, 2.05) is 0 Å². The van der Waals surface area contributed by atoms with Gasteiger partial charge in [0.1, 0.15) is 0 Å². The minimum absolute atomic E-state index is 0.264. The maximum atomic E-state index is 11.0. The van der Waals surface area contributed by atoms with Gasteiger partial charge in [0.15, 0.2) is 0 Å². The lowest BCUT2D eigenvalue weighted by molar-refractivity contribution is -0.124. The highest BCUT2D eigenvalue weighted by Gasteiger charge is 2.37. The second-order valence-corrected chi connectivity index (χ2v) is 3.95. The van der Waals surface area contributed by atoms with Crippen molar-refractivity contribution in [1.29, 1.82) is 0 Å². The van der Waals surface area contributed by atoms with Gasteiger partial charge in [-0.1, -0.05) is 6.92 Å². The van der Waals surface area contributed by atoms with Gasteiger partial charge in [0.2, 0.25) is 5.91 Å². The molecule has 1 heterocycles. The molecule has 0 aromatic carbocycles. The fourth-order valence-corrected chi connectivity index (χ4v) is 2.46. The fourth-order valence-electron chi connectivity index (χ4n) is 2.46. The number of amides is 1. The quantitative estimate of drug-likeness (QED) is 0.558. The van der Waals surface area contributed by atoms with Crippen LogP contribution in [0.2, 0.25) is 0 Å². The number of hydrogen-bond acceptors (Lipinski definition) is 1. The van der Waals surface area contributed by atoms with Crippen molar-refractivity contribution in [2.75, 3.05) is 0 Å². The Morgan fingerprint density at radius 2 is 2.18 bits per heavy atom. The van der Waals surface area contributed by atoms with Crippen molar-refractivity contribution in [3.05, 3.63) is 0 Å². The predicted molar refractivity (Wildman–Crippen MR) is 43.1 cm³/mol. The first-order valence-corrected chi connectivity index (χ1v) is 4.57. The first kappa shape index (κ1) is 7.14. The van der Waals surface area contributed by atoms with Crippen LogP contribution in [-0.4, -0.2) is 11.9 Å². The first-order valence-electron chi connectivity index (χ1n) is 4.57. The normalized spacial score (nSPS) is 43.4. The van der Waals surface area contributed by atoms with Crippen LogP contribution in [0.4, 0.5) is 0 Å². The molecule has 1 aliphatic carbocycles. The molecule has 1 aliphatic heterocycles. The summed E-state index contributed by atoms with van der Waals surface area (Å²) in [5.74, 6) is 1.77. The van der Waals surface area contributed by atoms with E-state index in [0.717, 1.165) is 18.8 Å². The maximum Gasteiger partial charge on any atom is 0.220 e. The fraction of sp³-hybridized carbons (Fsp3) is 0.889. The number of carbonyl (C=O) groups excluding carboxylic acids is 1. The maximum absolute atomic E-state index is 11.0. The number of carbonyl (C=O) groups is 1. The van der Waals surface area contributed by atoms with Gasteiger partial charge in [0.05, 0.1) is 0 Å². The van der Waals surface area contributed by atoms with E-state index in [-0.39, 0.29) is 5.91 Å². The lowest BCUT2D eigenvalue weighted by Crippen LogP contribution is -2.44. The van der Waals surface area contributed by atoms with Crippen LogP contribution >= 0.6 is 0 Å². The lowest BCUT2D eigenvalue weighted by Gasteiger charge is -2.28. The summed E-state index contributed by atoms with van der Waals surface area (Å²) in [4.78, 5) is 11.0. The topological polar surface area (TPSA) is 29.1 Å². The Balaban J connectivity index is 2.07. The summed E-state index contributed by atoms with van der Waals surface area (Å²) in [7, 11) is 0. The third kappa shape index (κ3) is 1.15. The van der Waals surface area contributed by atoms with Crippen molar-refractivity contribution in [1.82, 2.24) is 5.32 Å². The van der Waals surface area contributed by atoms with E-state index in [1.165, 1.54) is 12.8 Å². The van der Waals surface area contributed by atoms with Crippen LogP contribution in [0.3, 0.4) is 0 Å². The van der Waals surface area contributed by atoms with E-state index in [0.29, 0.717) is 12.0 Å². The zero-order valence-corrected chi connectivity index (χ0v) is 6.97. The summed E-state index contributed by atoms with van der Waals surface area (Å²) < 4.78 is 0. The van der Waals surface area contributed by atoms with Crippen LogP contribution < -0.4 is 5.32 Å². The summed E-state index contributed by atoms with van der Waals surface area (Å²) in [5.41, 5.74) is 0. The molecule has 1 N–H and O–H groups in total. The van der Waals surface area contributed by atoms with Gasteiger partial charge in [0.25, 0.3) is 0 Å². The van der Waals surface area contributed by atoms with Crippen LogP contribution in [0.15, 0.2) is 0 Å². The Bertz CT molecular complexity index is 178. The number of rotatable bonds is 0. The molecule has 1 saturated heterocycles. The van der Waals surface area contributed by atoms with Crippen molar-refractivity contribution in [3.63, 3.8) is 0 Å². The Morgan fingerprint density at radius 1 is 1.36 bits per heavy atom. The van der Waals surface area contributed by atoms with Crippen molar-refractivity contribution in [3.8, 4) is 0 Å². The van der Waals surface area contributed by atoms with Gasteiger partial charge in [0, 0.05) is 12.5 Å². The molecule has 2 fully saturated rings. The van der Waals surface area contributed by atoms with Gasteiger partial charge in [-0.2, -0.15) is 0 Å². The van der Waals surface area contributed by atoms with Crippen molar-refractivity contribution >= 4 is 5.91 Å². The van der Waals surface area contributed by atoms with Crippen LogP contribution in [0.5, 0.6) is 0 Å². The van der Waals surface area contributed by atoms with E-state index >= 15 is 0 Å². The summed E-state index contributed by atoms with van der Waals surface area (Å²) in [6.07, 6.45) is 4.51. The molecule has 0 spiro atoms. The third-order valence-corrected chi connectivity index (χ3v) is 3.18. The van der Waals surface area contributed by atoms with Crippen molar-refractivity contribution in [2.24, 2.45) is 11.8 Å². The Morgan fingerprint density at radius 3 is 3.00 bits per heavy atom. The summed E-state index contributed by atoms with van der Waals surface area (Å²) in [5, 5.41) is 3.09. The molecule has 2 rings (SSSR count). The molecule has 11 heavy (non-hydrogen) atoms. The SMILES string of the molecule is CC1CCC2CCC(=O)NC12. The second kappa shape index (κ2) is 2.50. The standard InChI is InChI=1S/C9H15NO/c1-6-2-3-7-4-5-8(11)10-9(6)7/h6-7,9H,2-5H2,1H3,(H,10,11). The Labute approximate surface area is 67.4 Å². The highest BCUT2D eigenvalue weighted by atomic mass is 16.1. The molecule has 0 aromatic heterocycles. The molecule has 1 saturated carbocycles. The third-order valence-electron chi connectivity index (χ3n) is 3.18. The average Bonchev–Trinajstić information content (AvgIpc) is 2.33. The summed E-state index contributed by atoms with van der Waals surface area (Å²) in [6.45, 7) is 2.25. The van der Waals surface area contributed by atoms with E-state index < -0.39 is 0 Å². The number of nitrogens with one attached hydrogen (secondary N) is 1. The summed E-state index contributed by atoms with van der Waals surface area (Å²) in [6, 6.07) is 0.510. The Hall–Kier alpha value is -0.530. The largest absolute Gasteiger partial charge is 0.353 e. The minimum atomic E-state index is 0.264. The molecule has 3 unspecified atom stereocenters. The van der Waals surface area contributed by atoms with Crippen LogP contribution in [-0.2, 0) is 4.79 Å². The van der Waals surface area contributed by atoms with Gasteiger partial charge >= 0.3 is 0 Å². The molecule has 3 atom stereocenters. The van der Waals surface area contributed by atoms with E-state index in [1.54, 1.807) is 0 Å². The monoisotopic (exact) mass is 153 g/mol. The van der Waals surface area contributed by atoms with Crippen molar-refractivity contribution in [2.45, 2.75) is 38.6 Å². The molecule has 2 nitrogen and oxygen atoms in total. The first-order chi connectivity index (χ1) is 5.27. The molecule has 62 valence electrons. The minimum Gasteiger partial charge on any atom is -0.353 e. The molecule has 2 heteroatoms. The van der Waals surface area contributed by atoms with Crippen molar-refractivity contribution < 1.29 is 4.79 Å². The number of hydrogen-bond donors (Lipinski definition) is 1. The molecule has 0 bridgehead atoms. The molecule has 0 aromatic rings. The van der Waals surface area contributed by atoms with Gasteiger partial charge in [-0.05, 0) is 31.1 Å². The van der Waals surface area contributed by atoms with Gasteiger partial charge in [-0.25, -0.2) is 0 Å². The molecule has 1 amide bonds. The second-order valence-electron chi connectivity index (χ2n) is 3.95. The molecule has 0 radical (unpaired) electrons. The zero-order chi connectivity index (χ0) is 7.84. The zero-order valence-electron chi connectivity index (χ0n) is 6.97. The summed E-state index contributed by atoms with van der Waals surface area (Å²) >= 11 is 0. The molecular formula is C9H15NO. The van der Waals surface area contributed by atoms with Crippen LogP contribution in [0.25, 0.3) is 0 Å². The molecule has 2 aliphatic rings. The highest BCUT2D eigenvalue weighted by Crippen LogP contribution is 2.36. The van der Waals surface area contributed by atoms with Gasteiger partial charge in [-0.3, -0.25) is 4.79 Å². The smallest absolute Gasteiger partial charge is 0.220 e. The van der Waals surface area contributed by atoms with Crippen LogP contribution in [0.1, 0.15) is 32.6 Å². The average molecular weight is 153 g/mol. The van der Waals surface area contributed by atoms with Crippen LogP contribution in [0, 0.1) is 11.8 Å². The molecular weight excluding hydrogens is 138 g/mol. The lowest BCUT2D eigenvalue weighted by atomic mass is 9.91. The van der Waals surface area contributed by atoms with E-state index in [9.17, 15) is 4.79 Å². The number of fused-ring (bicyclic) bond motifs is 1. The number of piperidine rings is 1. The van der Waals surface area contributed by atoms with E-state index in [4.69, 9.17) is 0 Å². The van der Waals surface area contributed by atoms with E-state index in [2.05, 4.69) is 12.2 Å². The predicted octanol–water partition coefficient (Wildman–Crippen LogP) is 1.31.